The smallest absolute Gasteiger partial charge is 0.308 e. The predicted octanol–water partition coefficient (Wildman–Crippen LogP) is 2.06. The zero-order valence-electron chi connectivity index (χ0n) is 15.1. The molecule has 2 atom stereocenters. The molecule has 8 heteroatoms. The van der Waals surface area contributed by atoms with E-state index in [-0.39, 0.29) is 16.8 Å². The summed E-state index contributed by atoms with van der Waals surface area (Å²) in [6.45, 7) is 0. The summed E-state index contributed by atoms with van der Waals surface area (Å²) >= 11 is 0. The second-order valence-electron chi connectivity index (χ2n) is 7.02. The largest absolute Gasteiger partial charge is 0.481 e. The Morgan fingerprint density at radius 2 is 1.93 bits per heavy atom. The summed E-state index contributed by atoms with van der Waals surface area (Å²) < 4.78 is 1.14. The van der Waals surface area contributed by atoms with Gasteiger partial charge < -0.3 is 15.4 Å². The first-order valence-electron chi connectivity index (χ1n) is 9.25. The topological polar surface area (TPSA) is 117 Å². The number of aromatic amines is 1. The zero-order chi connectivity index (χ0) is 19.7. The number of benzene rings is 1. The average Bonchev–Trinajstić information content (AvgIpc) is 3.13. The first-order valence-corrected chi connectivity index (χ1v) is 9.25. The lowest BCUT2D eigenvalue weighted by Gasteiger charge is -2.29. The van der Waals surface area contributed by atoms with E-state index in [1.54, 1.807) is 0 Å². The van der Waals surface area contributed by atoms with E-state index in [1.165, 1.54) is 12.3 Å². The van der Waals surface area contributed by atoms with Crippen LogP contribution in [-0.2, 0) is 4.79 Å². The van der Waals surface area contributed by atoms with Gasteiger partial charge in [0.1, 0.15) is 5.56 Å². The van der Waals surface area contributed by atoms with Gasteiger partial charge in [-0.2, -0.15) is 9.61 Å². The van der Waals surface area contributed by atoms with E-state index in [0.29, 0.717) is 18.5 Å². The summed E-state index contributed by atoms with van der Waals surface area (Å²) in [6.07, 6.45) is 4.21. The van der Waals surface area contributed by atoms with Gasteiger partial charge in [-0.3, -0.25) is 14.4 Å². The van der Waals surface area contributed by atoms with Gasteiger partial charge in [0.15, 0.2) is 5.65 Å². The summed E-state index contributed by atoms with van der Waals surface area (Å²) in [6, 6.07) is 10.3. The molecule has 0 saturated heterocycles. The third-order valence-corrected chi connectivity index (χ3v) is 5.23. The lowest BCUT2D eigenvalue weighted by atomic mass is 9.84. The van der Waals surface area contributed by atoms with Gasteiger partial charge >= 0.3 is 5.97 Å². The minimum Gasteiger partial charge on any atom is -0.481 e. The Balaban J connectivity index is 1.68. The predicted molar refractivity (Wildman–Crippen MR) is 102 cm³/mol. The molecule has 1 amide bonds. The van der Waals surface area contributed by atoms with Crippen molar-refractivity contribution in [1.82, 2.24) is 19.9 Å². The summed E-state index contributed by atoms with van der Waals surface area (Å²) in [5, 5.41) is 16.3. The number of carbonyl (C=O) groups excluding carboxylic acids is 1. The molecule has 8 nitrogen and oxygen atoms in total. The van der Waals surface area contributed by atoms with E-state index in [1.807, 2.05) is 30.3 Å². The minimum absolute atomic E-state index is 0.213. The molecule has 1 aromatic carbocycles. The molecular formula is C20H20N4O4. The molecule has 144 valence electrons. The molecule has 2 heterocycles. The number of fused-ring (bicyclic) bond motifs is 1. The van der Waals surface area contributed by atoms with Gasteiger partial charge in [-0.15, -0.1) is 0 Å². The van der Waals surface area contributed by atoms with E-state index in [9.17, 15) is 19.5 Å². The third-order valence-electron chi connectivity index (χ3n) is 5.23. The summed E-state index contributed by atoms with van der Waals surface area (Å²) in [5.41, 5.74) is 1.53. The fraction of sp³-hybridized carbons (Fsp3) is 0.300. The second-order valence-corrected chi connectivity index (χ2v) is 7.02. The molecule has 1 fully saturated rings. The minimum atomic E-state index is -0.898. The lowest BCUT2D eigenvalue weighted by molar-refractivity contribution is -0.143. The van der Waals surface area contributed by atoms with Crippen molar-refractivity contribution in [2.75, 3.05) is 0 Å². The number of aromatic nitrogens is 3. The van der Waals surface area contributed by atoms with Crippen molar-refractivity contribution < 1.29 is 14.7 Å². The number of H-pyrrole nitrogens is 1. The van der Waals surface area contributed by atoms with Crippen LogP contribution >= 0.6 is 0 Å². The van der Waals surface area contributed by atoms with Crippen LogP contribution in [-0.4, -0.2) is 37.6 Å². The first kappa shape index (κ1) is 18.0. The van der Waals surface area contributed by atoms with E-state index in [2.05, 4.69) is 15.4 Å². The van der Waals surface area contributed by atoms with Crippen molar-refractivity contribution in [2.24, 2.45) is 5.92 Å². The van der Waals surface area contributed by atoms with Gasteiger partial charge in [-0.1, -0.05) is 43.2 Å². The van der Waals surface area contributed by atoms with Crippen LogP contribution in [0.2, 0.25) is 0 Å². The van der Waals surface area contributed by atoms with Gasteiger partial charge in [0.2, 0.25) is 0 Å². The molecule has 2 aromatic heterocycles. The van der Waals surface area contributed by atoms with Crippen LogP contribution in [0.4, 0.5) is 0 Å². The van der Waals surface area contributed by atoms with Gasteiger partial charge in [-0.25, -0.2) is 0 Å². The molecule has 28 heavy (non-hydrogen) atoms. The van der Waals surface area contributed by atoms with Gasteiger partial charge in [0.05, 0.1) is 17.8 Å². The van der Waals surface area contributed by atoms with E-state index >= 15 is 0 Å². The summed E-state index contributed by atoms with van der Waals surface area (Å²) in [7, 11) is 0. The van der Waals surface area contributed by atoms with Crippen molar-refractivity contribution in [2.45, 2.75) is 31.7 Å². The van der Waals surface area contributed by atoms with Crippen LogP contribution in [0, 0.1) is 5.92 Å². The zero-order valence-corrected chi connectivity index (χ0v) is 15.1. The number of carboxylic acid groups (broad SMARTS) is 1. The van der Waals surface area contributed by atoms with Crippen LogP contribution in [0.25, 0.3) is 16.9 Å². The lowest BCUT2D eigenvalue weighted by Crippen LogP contribution is -2.45. The summed E-state index contributed by atoms with van der Waals surface area (Å²) in [5.74, 6) is -1.93. The van der Waals surface area contributed by atoms with Crippen molar-refractivity contribution in [1.29, 1.82) is 0 Å². The highest BCUT2D eigenvalue weighted by Crippen LogP contribution is 2.25. The van der Waals surface area contributed by atoms with Crippen LogP contribution in [0.15, 0.2) is 47.4 Å². The number of amides is 1. The molecule has 0 spiro atoms. The van der Waals surface area contributed by atoms with Crippen molar-refractivity contribution >= 4 is 17.5 Å². The molecule has 3 aromatic rings. The monoisotopic (exact) mass is 380 g/mol. The van der Waals surface area contributed by atoms with Crippen LogP contribution in [0.1, 0.15) is 36.0 Å². The molecule has 0 bridgehead atoms. The Labute approximate surface area is 160 Å². The second kappa shape index (κ2) is 7.30. The third kappa shape index (κ3) is 3.28. The Bertz CT molecular complexity index is 1090. The van der Waals surface area contributed by atoms with Gasteiger partial charge in [-0.05, 0) is 18.4 Å². The number of rotatable bonds is 4. The SMILES string of the molecule is O=C(NC1CCCC[C@H]1C(=O)O)c1cnn2c(=O)cc(-c3ccccc3)[nH]c12. The fourth-order valence-corrected chi connectivity index (χ4v) is 3.77. The van der Waals surface area contributed by atoms with E-state index < -0.39 is 23.8 Å². The van der Waals surface area contributed by atoms with Crippen molar-refractivity contribution in [3.8, 4) is 11.3 Å². The maximum Gasteiger partial charge on any atom is 0.308 e. The highest BCUT2D eigenvalue weighted by Gasteiger charge is 2.32. The van der Waals surface area contributed by atoms with Crippen LogP contribution in [0.5, 0.6) is 0 Å². The number of hydrogen-bond acceptors (Lipinski definition) is 4. The number of nitrogens with zero attached hydrogens (tertiary/aromatic N) is 2. The summed E-state index contributed by atoms with van der Waals surface area (Å²) in [4.78, 5) is 39.8. The molecule has 1 aliphatic rings. The average molecular weight is 380 g/mol. The molecule has 4 rings (SSSR count). The molecule has 3 N–H and O–H groups in total. The van der Waals surface area contributed by atoms with E-state index in [4.69, 9.17) is 0 Å². The first-order chi connectivity index (χ1) is 13.5. The Kier molecular flexibility index (Phi) is 4.68. The number of carboxylic acids is 1. The van der Waals surface area contributed by atoms with Gasteiger partial charge in [0.25, 0.3) is 11.5 Å². The van der Waals surface area contributed by atoms with Crippen LogP contribution < -0.4 is 10.9 Å². The highest BCUT2D eigenvalue weighted by molar-refractivity contribution is 6.00. The molecular weight excluding hydrogens is 360 g/mol. The normalized spacial score (nSPS) is 19.4. The molecule has 1 unspecified atom stereocenters. The molecule has 1 aliphatic carbocycles. The maximum atomic E-state index is 12.8. The Morgan fingerprint density at radius 1 is 1.18 bits per heavy atom. The number of hydrogen-bond donors (Lipinski definition) is 3. The maximum absolute atomic E-state index is 12.8. The standard InChI is InChI=1S/C20H20N4O4/c25-17-10-16(12-6-2-1-3-7-12)22-18-14(11-21-24(17)18)19(26)23-15-9-5-4-8-13(15)20(27)28/h1-3,6-7,10-11,13,15,22H,4-5,8-9H2,(H,23,26)(H,27,28)/t13-,15?/m1/s1. The van der Waals surface area contributed by atoms with Crippen molar-refractivity contribution in [3.05, 3.63) is 58.5 Å². The quantitative estimate of drug-likeness (QED) is 0.641. The Morgan fingerprint density at radius 3 is 2.68 bits per heavy atom. The molecule has 0 radical (unpaired) electrons. The highest BCUT2D eigenvalue weighted by atomic mass is 16.4. The number of carbonyl (C=O) groups is 2. The Hall–Kier alpha value is -3.42. The van der Waals surface area contributed by atoms with Crippen molar-refractivity contribution in [3.63, 3.8) is 0 Å². The fourth-order valence-electron chi connectivity index (χ4n) is 3.77. The number of aliphatic carboxylic acids is 1. The molecule has 0 aliphatic heterocycles. The van der Waals surface area contributed by atoms with E-state index in [0.717, 1.165) is 22.9 Å². The van der Waals surface area contributed by atoms with Crippen LogP contribution in [0.3, 0.4) is 0 Å². The van der Waals surface area contributed by atoms with Gasteiger partial charge in [0, 0.05) is 12.1 Å². The molecule has 1 saturated carbocycles. The number of nitrogens with one attached hydrogen (secondary N) is 2.